The first-order valence-corrected chi connectivity index (χ1v) is 6.39. The maximum Gasteiger partial charge on any atom is 0.297 e. The van der Waals surface area contributed by atoms with Crippen molar-refractivity contribution in [1.29, 1.82) is 0 Å². The van der Waals surface area contributed by atoms with Crippen molar-refractivity contribution in [2.75, 3.05) is 11.4 Å². The summed E-state index contributed by atoms with van der Waals surface area (Å²) in [5.74, 6) is 0.874. The van der Waals surface area contributed by atoms with Crippen LogP contribution in [0.25, 0.3) is 0 Å². The van der Waals surface area contributed by atoms with Gasteiger partial charge in [-0.3, -0.25) is 0 Å². The highest BCUT2D eigenvalue weighted by atomic mass is 32.1. The van der Waals surface area contributed by atoms with Crippen molar-refractivity contribution < 1.29 is 4.42 Å². The second-order valence-corrected chi connectivity index (χ2v) is 5.13. The first-order valence-electron chi connectivity index (χ1n) is 5.51. The van der Waals surface area contributed by atoms with Gasteiger partial charge in [0.15, 0.2) is 0 Å². The van der Waals surface area contributed by atoms with Gasteiger partial charge in [0.2, 0.25) is 0 Å². The lowest BCUT2D eigenvalue weighted by Gasteiger charge is -2.32. The van der Waals surface area contributed by atoms with E-state index in [0.717, 1.165) is 24.7 Å². The maximum absolute atomic E-state index is 5.60. The second-order valence-electron chi connectivity index (χ2n) is 4.18. The number of aromatic nitrogens is 1. The van der Waals surface area contributed by atoms with Crippen molar-refractivity contribution in [2.24, 2.45) is 0 Å². The smallest absolute Gasteiger partial charge is 0.297 e. The van der Waals surface area contributed by atoms with Crippen LogP contribution in [0.4, 0.5) is 6.01 Å². The van der Waals surface area contributed by atoms with Gasteiger partial charge < -0.3 is 9.32 Å². The van der Waals surface area contributed by atoms with Crippen molar-refractivity contribution in [3.05, 3.63) is 33.8 Å². The van der Waals surface area contributed by atoms with Crippen molar-refractivity contribution in [3.8, 4) is 0 Å². The quantitative estimate of drug-likeness (QED) is 0.759. The van der Waals surface area contributed by atoms with E-state index >= 15 is 0 Å². The fourth-order valence-electron chi connectivity index (χ4n) is 2.23. The standard InChI is InChI=1S/C12H14N2OS/c1-8-7-13-12(15-8)14-5-3-10-4-6-16-11(10)9(14)2/h4,6-7,9H,3,5H2,1-2H3. The van der Waals surface area contributed by atoms with Gasteiger partial charge in [0.05, 0.1) is 12.2 Å². The molecule has 1 unspecified atom stereocenters. The molecule has 3 rings (SSSR count). The molecule has 1 aliphatic heterocycles. The highest BCUT2D eigenvalue weighted by Crippen LogP contribution is 2.36. The molecule has 4 heteroatoms. The third-order valence-electron chi connectivity index (χ3n) is 3.10. The molecule has 0 spiro atoms. The van der Waals surface area contributed by atoms with Gasteiger partial charge >= 0.3 is 0 Å². The number of rotatable bonds is 1. The Balaban J connectivity index is 1.95. The lowest BCUT2D eigenvalue weighted by atomic mass is 10.0. The molecule has 0 aromatic carbocycles. The van der Waals surface area contributed by atoms with E-state index in [1.165, 1.54) is 10.4 Å². The molecule has 0 radical (unpaired) electrons. The number of hydrogen-bond acceptors (Lipinski definition) is 4. The van der Waals surface area contributed by atoms with Crippen LogP contribution in [0.1, 0.15) is 29.2 Å². The van der Waals surface area contributed by atoms with Gasteiger partial charge in [0.1, 0.15) is 5.76 Å². The molecule has 0 saturated heterocycles. The Labute approximate surface area is 98.7 Å². The van der Waals surface area contributed by atoms with Crippen LogP contribution in [0, 0.1) is 6.92 Å². The van der Waals surface area contributed by atoms with Crippen molar-refractivity contribution in [2.45, 2.75) is 26.3 Å². The van der Waals surface area contributed by atoms with E-state index in [1.54, 1.807) is 6.20 Å². The van der Waals surface area contributed by atoms with Crippen LogP contribution in [0.15, 0.2) is 22.1 Å². The summed E-state index contributed by atoms with van der Waals surface area (Å²) in [5.41, 5.74) is 1.48. The Bertz CT molecular complexity index is 503. The molecule has 3 heterocycles. The van der Waals surface area contributed by atoms with Gasteiger partial charge in [0, 0.05) is 11.4 Å². The zero-order chi connectivity index (χ0) is 11.1. The molecule has 1 aliphatic rings. The summed E-state index contributed by atoms with van der Waals surface area (Å²) in [6, 6.07) is 3.36. The monoisotopic (exact) mass is 234 g/mol. The Morgan fingerprint density at radius 1 is 1.56 bits per heavy atom. The number of aryl methyl sites for hydroxylation is 1. The molecule has 3 nitrogen and oxygen atoms in total. The number of thiophene rings is 1. The van der Waals surface area contributed by atoms with Crippen LogP contribution >= 0.6 is 11.3 Å². The Morgan fingerprint density at radius 2 is 2.44 bits per heavy atom. The fourth-order valence-corrected chi connectivity index (χ4v) is 3.26. The van der Waals surface area contributed by atoms with Crippen molar-refractivity contribution in [1.82, 2.24) is 4.98 Å². The largest absolute Gasteiger partial charge is 0.429 e. The van der Waals surface area contributed by atoms with Crippen LogP contribution in [0.5, 0.6) is 0 Å². The summed E-state index contributed by atoms with van der Waals surface area (Å²) in [6.45, 7) is 5.14. The summed E-state index contributed by atoms with van der Waals surface area (Å²) in [5, 5.41) is 2.17. The lowest BCUT2D eigenvalue weighted by molar-refractivity contribution is 0.482. The molecule has 0 fully saturated rings. The van der Waals surface area contributed by atoms with Gasteiger partial charge in [-0.15, -0.1) is 11.3 Å². The van der Waals surface area contributed by atoms with Gasteiger partial charge in [-0.05, 0) is 37.3 Å². The molecule has 0 aliphatic carbocycles. The molecule has 0 N–H and O–H groups in total. The highest BCUT2D eigenvalue weighted by Gasteiger charge is 2.27. The van der Waals surface area contributed by atoms with Crippen molar-refractivity contribution >= 4 is 17.4 Å². The summed E-state index contributed by atoms with van der Waals surface area (Å²) >= 11 is 1.83. The van der Waals surface area contributed by atoms with E-state index in [-0.39, 0.29) is 0 Å². The molecule has 2 aromatic heterocycles. The van der Waals surface area contributed by atoms with E-state index < -0.39 is 0 Å². The number of oxazole rings is 1. The van der Waals surface area contributed by atoms with Gasteiger partial charge in [-0.2, -0.15) is 0 Å². The first kappa shape index (κ1) is 9.90. The number of nitrogens with zero attached hydrogens (tertiary/aromatic N) is 2. The molecule has 16 heavy (non-hydrogen) atoms. The zero-order valence-corrected chi connectivity index (χ0v) is 10.3. The zero-order valence-electron chi connectivity index (χ0n) is 9.43. The Morgan fingerprint density at radius 3 is 3.19 bits per heavy atom. The molecule has 2 aromatic rings. The minimum Gasteiger partial charge on any atom is -0.429 e. The molecule has 1 atom stereocenters. The Kier molecular flexibility index (Phi) is 2.24. The second kappa shape index (κ2) is 3.63. The first-order chi connectivity index (χ1) is 7.75. The van der Waals surface area contributed by atoms with Crippen LogP contribution in [-0.2, 0) is 6.42 Å². The lowest BCUT2D eigenvalue weighted by Crippen LogP contribution is -2.33. The van der Waals surface area contributed by atoms with Gasteiger partial charge in [-0.1, -0.05) is 0 Å². The fraction of sp³-hybridized carbons (Fsp3) is 0.417. The number of fused-ring (bicyclic) bond motifs is 1. The van der Waals surface area contributed by atoms with Crippen LogP contribution < -0.4 is 4.90 Å². The molecule has 0 bridgehead atoms. The highest BCUT2D eigenvalue weighted by molar-refractivity contribution is 7.10. The van der Waals surface area contributed by atoms with E-state index in [4.69, 9.17) is 4.42 Å². The molecular weight excluding hydrogens is 220 g/mol. The summed E-state index contributed by atoms with van der Waals surface area (Å²) in [6.07, 6.45) is 2.87. The average Bonchev–Trinajstić information content (AvgIpc) is 2.87. The van der Waals surface area contributed by atoms with E-state index in [1.807, 2.05) is 18.3 Å². The molecule has 0 amide bonds. The Hall–Kier alpha value is -1.29. The molecule has 0 saturated carbocycles. The van der Waals surface area contributed by atoms with Gasteiger partial charge in [-0.25, -0.2) is 4.98 Å². The van der Waals surface area contributed by atoms with Crippen LogP contribution in [-0.4, -0.2) is 11.5 Å². The SMILES string of the molecule is Cc1cnc(N2CCc3ccsc3C2C)o1. The van der Waals surface area contributed by atoms with Crippen LogP contribution in [0.2, 0.25) is 0 Å². The van der Waals surface area contributed by atoms with E-state index in [9.17, 15) is 0 Å². The summed E-state index contributed by atoms with van der Waals surface area (Å²) < 4.78 is 5.60. The minimum absolute atomic E-state index is 0.377. The molecule has 84 valence electrons. The number of anilines is 1. The predicted molar refractivity (Wildman–Crippen MR) is 65.0 cm³/mol. The normalized spacial score (nSPS) is 19.9. The minimum atomic E-state index is 0.377. The maximum atomic E-state index is 5.60. The average molecular weight is 234 g/mol. The van der Waals surface area contributed by atoms with E-state index in [2.05, 4.69) is 28.3 Å². The van der Waals surface area contributed by atoms with Crippen molar-refractivity contribution in [3.63, 3.8) is 0 Å². The van der Waals surface area contributed by atoms with E-state index in [0.29, 0.717) is 6.04 Å². The van der Waals surface area contributed by atoms with Gasteiger partial charge in [0.25, 0.3) is 6.01 Å². The summed E-state index contributed by atoms with van der Waals surface area (Å²) in [4.78, 5) is 8.00. The third kappa shape index (κ3) is 1.45. The summed E-state index contributed by atoms with van der Waals surface area (Å²) in [7, 11) is 0. The number of hydrogen-bond donors (Lipinski definition) is 0. The predicted octanol–water partition coefficient (Wildman–Crippen LogP) is 3.17. The molecular formula is C12H14N2OS. The topological polar surface area (TPSA) is 29.3 Å². The third-order valence-corrected chi connectivity index (χ3v) is 4.23. The van der Waals surface area contributed by atoms with Crippen LogP contribution in [0.3, 0.4) is 0 Å².